The highest BCUT2D eigenvalue weighted by Gasteiger charge is 2.26. The number of sulfone groups is 2. The van der Waals surface area contributed by atoms with Gasteiger partial charge in [-0.1, -0.05) is 0 Å². The first-order valence-corrected chi connectivity index (χ1v) is 10.5. The molecule has 0 aliphatic rings. The van der Waals surface area contributed by atoms with Gasteiger partial charge in [-0.15, -0.1) is 11.3 Å². The number of rotatable bonds is 6. The minimum Gasteiger partial charge on any atom is -0.396 e. The number of nitrogen functional groups attached to an aromatic ring is 1. The molecule has 0 aliphatic heterocycles. The van der Waals surface area contributed by atoms with E-state index in [-0.39, 0.29) is 32.8 Å². The standard InChI is InChI=1S/C10H17N3O5S3/c1-12-9(14)7-6(11)8(21(3,17)18)10(19-7)13-4-5-20(2,15)16/h13H,4-5,11H2,1-3H3,(H,12,14). The van der Waals surface area contributed by atoms with Gasteiger partial charge in [0.15, 0.2) is 9.84 Å². The summed E-state index contributed by atoms with van der Waals surface area (Å²) in [6.07, 6.45) is 2.05. The first kappa shape index (κ1) is 17.7. The molecule has 120 valence electrons. The Kier molecular flexibility index (Phi) is 5.23. The molecule has 0 aliphatic carbocycles. The van der Waals surface area contributed by atoms with Crippen LogP contribution in [0.5, 0.6) is 0 Å². The number of nitrogens with one attached hydrogen (secondary N) is 2. The summed E-state index contributed by atoms with van der Waals surface area (Å²) in [5, 5.41) is 5.25. The third-order valence-corrected chi connectivity index (χ3v) is 5.86. The fourth-order valence-corrected chi connectivity index (χ4v) is 4.56. The second-order valence-corrected chi connectivity index (χ2v) is 9.64. The number of amides is 1. The zero-order valence-corrected chi connectivity index (χ0v) is 14.2. The van der Waals surface area contributed by atoms with Gasteiger partial charge in [-0.05, 0) is 0 Å². The van der Waals surface area contributed by atoms with Crippen molar-refractivity contribution < 1.29 is 21.6 Å². The molecule has 21 heavy (non-hydrogen) atoms. The van der Waals surface area contributed by atoms with Crippen molar-refractivity contribution in [2.45, 2.75) is 4.90 Å². The Morgan fingerprint density at radius 2 is 1.81 bits per heavy atom. The summed E-state index contributed by atoms with van der Waals surface area (Å²) < 4.78 is 45.8. The van der Waals surface area contributed by atoms with E-state index in [0.29, 0.717) is 0 Å². The van der Waals surface area contributed by atoms with Crippen molar-refractivity contribution in [3.63, 3.8) is 0 Å². The van der Waals surface area contributed by atoms with E-state index in [9.17, 15) is 21.6 Å². The Morgan fingerprint density at radius 3 is 2.24 bits per heavy atom. The number of thiophene rings is 1. The summed E-state index contributed by atoms with van der Waals surface area (Å²) >= 11 is 0.874. The second kappa shape index (κ2) is 6.20. The fourth-order valence-electron chi connectivity index (χ4n) is 1.55. The molecule has 0 bridgehead atoms. The maximum Gasteiger partial charge on any atom is 0.263 e. The van der Waals surface area contributed by atoms with Gasteiger partial charge in [0.1, 0.15) is 24.6 Å². The molecule has 0 saturated carbocycles. The van der Waals surface area contributed by atoms with Gasteiger partial charge in [0.05, 0.1) is 11.4 Å². The number of hydrogen-bond donors (Lipinski definition) is 3. The predicted octanol–water partition coefficient (Wildman–Crippen LogP) is -0.450. The van der Waals surface area contributed by atoms with E-state index >= 15 is 0 Å². The van der Waals surface area contributed by atoms with Crippen LogP contribution in [0.2, 0.25) is 0 Å². The van der Waals surface area contributed by atoms with Gasteiger partial charge >= 0.3 is 0 Å². The smallest absolute Gasteiger partial charge is 0.263 e. The lowest BCUT2D eigenvalue weighted by molar-refractivity contribution is 0.0968. The van der Waals surface area contributed by atoms with Crippen molar-refractivity contribution in [2.75, 3.05) is 42.9 Å². The molecule has 1 aromatic heterocycles. The van der Waals surface area contributed by atoms with Gasteiger partial charge in [-0.3, -0.25) is 4.79 Å². The zero-order chi connectivity index (χ0) is 16.4. The van der Waals surface area contributed by atoms with Gasteiger partial charge in [-0.25, -0.2) is 16.8 Å². The average Bonchev–Trinajstić information content (AvgIpc) is 2.63. The monoisotopic (exact) mass is 355 g/mol. The third kappa shape index (κ3) is 4.58. The van der Waals surface area contributed by atoms with Crippen molar-refractivity contribution in [1.29, 1.82) is 0 Å². The van der Waals surface area contributed by atoms with Crippen molar-refractivity contribution >= 4 is 47.6 Å². The Balaban J connectivity index is 3.21. The van der Waals surface area contributed by atoms with Crippen molar-refractivity contribution in [3.8, 4) is 0 Å². The third-order valence-electron chi connectivity index (χ3n) is 2.46. The lowest BCUT2D eigenvalue weighted by atomic mass is 10.3. The molecule has 0 saturated heterocycles. The molecule has 0 aromatic carbocycles. The molecule has 0 radical (unpaired) electrons. The first-order chi connectivity index (χ1) is 9.47. The van der Waals surface area contributed by atoms with E-state index in [1.807, 2.05) is 0 Å². The van der Waals surface area contributed by atoms with Crippen molar-refractivity contribution in [1.82, 2.24) is 5.32 Å². The summed E-state index contributed by atoms with van der Waals surface area (Å²) in [7, 11) is -5.44. The molecule has 8 nitrogen and oxygen atoms in total. The molecular formula is C10H17N3O5S3. The van der Waals surface area contributed by atoms with Crippen LogP contribution in [0, 0.1) is 0 Å². The summed E-state index contributed by atoms with van der Waals surface area (Å²) in [6, 6.07) is 0. The summed E-state index contributed by atoms with van der Waals surface area (Å²) in [5.41, 5.74) is 5.60. The molecule has 11 heteroatoms. The topological polar surface area (TPSA) is 135 Å². The first-order valence-electron chi connectivity index (χ1n) is 5.73. The highest BCUT2D eigenvalue weighted by atomic mass is 32.2. The minimum absolute atomic E-state index is 0.0223. The maximum atomic E-state index is 11.8. The van der Waals surface area contributed by atoms with E-state index in [0.717, 1.165) is 23.8 Å². The van der Waals surface area contributed by atoms with Crippen molar-refractivity contribution in [3.05, 3.63) is 4.88 Å². The van der Waals surface area contributed by atoms with Crippen LogP contribution in [-0.2, 0) is 19.7 Å². The quantitative estimate of drug-likeness (QED) is 0.629. The van der Waals surface area contributed by atoms with Crippen LogP contribution < -0.4 is 16.4 Å². The molecule has 1 amide bonds. The van der Waals surface area contributed by atoms with Crippen LogP contribution in [0.25, 0.3) is 0 Å². The lowest BCUT2D eigenvalue weighted by Crippen LogP contribution is -2.18. The van der Waals surface area contributed by atoms with E-state index in [2.05, 4.69) is 10.6 Å². The summed E-state index contributed by atoms with van der Waals surface area (Å²) in [4.78, 5) is 11.5. The normalized spacial score (nSPS) is 12.1. The van der Waals surface area contributed by atoms with Gasteiger partial charge in [0.25, 0.3) is 5.91 Å². The van der Waals surface area contributed by atoms with E-state index in [1.54, 1.807) is 0 Å². The van der Waals surface area contributed by atoms with Gasteiger partial charge in [0.2, 0.25) is 0 Å². The SMILES string of the molecule is CNC(=O)c1sc(NCCS(C)(=O)=O)c(S(C)(=O)=O)c1N. The number of carbonyl (C=O) groups excluding carboxylic acids is 1. The van der Waals surface area contributed by atoms with Crippen LogP contribution in [0.15, 0.2) is 4.90 Å². The molecule has 1 rings (SSSR count). The van der Waals surface area contributed by atoms with Crippen LogP contribution in [0.3, 0.4) is 0 Å². The van der Waals surface area contributed by atoms with Crippen LogP contribution >= 0.6 is 11.3 Å². The summed E-state index contributed by atoms with van der Waals surface area (Å²) in [6.45, 7) is 0.0223. The van der Waals surface area contributed by atoms with E-state index in [1.165, 1.54) is 7.05 Å². The number of anilines is 2. The number of carbonyl (C=O) groups is 1. The molecule has 0 fully saturated rings. The summed E-state index contributed by atoms with van der Waals surface area (Å²) in [5.74, 6) is -0.665. The second-order valence-electron chi connectivity index (χ2n) is 4.41. The van der Waals surface area contributed by atoms with E-state index in [4.69, 9.17) is 5.73 Å². The van der Waals surface area contributed by atoms with Gasteiger partial charge in [0, 0.05) is 26.1 Å². The van der Waals surface area contributed by atoms with Crippen LogP contribution in [0.4, 0.5) is 10.7 Å². The number of nitrogens with two attached hydrogens (primary N) is 1. The Bertz CT molecular complexity index is 749. The Hall–Kier alpha value is -1.33. The van der Waals surface area contributed by atoms with Crippen LogP contribution in [-0.4, -0.2) is 54.6 Å². The number of hydrogen-bond acceptors (Lipinski definition) is 8. The predicted molar refractivity (Wildman–Crippen MR) is 83.4 cm³/mol. The van der Waals surface area contributed by atoms with Crippen molar-refractivity contribution in [2.24, 2.45) is 0 Å². The zero-order valence-electron chi connectivity index (χ0n) is 11.8. The molecule has 1 heterocycles. The maximum absolute atomic E-state index is 11.8. The van der Waals surface area contributed by atoms with E-state index < -0.39 is 25.6 Å². The lowest BCUT2D eigenvalue weighted by Gasteiger charge is -2.05. The average molecular weight is 355 g/mol. The van der Waals surface area contributed by atoms with Crippen LogP contribution in [0.1, 0.15) is 9.67 Å². The fraction of sp³-hybridized carbons (Fsp3) is 0.500. The molecule has 0 atom stereocenters. The van der Waals surface area contributed by atoms with Gasteiger partial charge < -0.3 is 16.4 Å². The Labute approximate surface area is 127 Å². The highest BCUT2D eigenvalue weighted by molar-refractivity contribution is 7.91. The molecule has 4 N–H and O–H groups in total. The molecule has 0 unspecified atom stereocenters. The molecular weight excluding hydrogens is 338 g/mol. The molecule has 1 aromatic rings. The highest BCUT2D eigenvalue weighted by Crippen LogP contribution is 2.38. The minimum atomic E-state index is -3.66. The Morgan fingerprint density at radius 1 is 1.24 bits per heavy atom. The molecule has 0 spiro atoms. The van der Waals surface area contributed by atoms with Gasteiger partial charge in [-0.2, -0.15) is 0 Å². The largest absolute Gasteiger partial charge is 0.396 e.